The number of benzene rings is 1. The molecule has 0 atom stereocenters. The standard InChI is InChI=1S/C17H27/c1-12(2)7-15-9-16(8-13(3)4)11-17(10-15)14(5)6/h9-13H,7-8H2,1-6H3. The van der Waals surface area contributed by atoms with E-state index in [2.05, 4.69) is 59.7 Å². The molecule has 1 aromatic rings. The molecule has 0 spiro atoms. The molecule has 0 N–H and O–H groups in total. The number of rotatable bonds is 5. The second-order valence-electron chi connectivity index (χ2n) is 6.23. The van der Waals surface area contributed by atoms with E-state index in [4.69, 9.17) is 0 Å². The van der Waals surface area contributed by atoms with E-state index in [1.165, 1.54) is 35.4 Å². The van der Waals surface area contributed by atoms with Crippen molar-refractivity contribution < 1.29 is 0 Å². The zero-order valence-corrected chi connectivity index (χ0v) is 12.3. The van der Waals surface area contributed by atoms with E-state index >= 15 is 0 Å². The summed E-state index contributed by atoms with van der Waals surface area (Å²) in [6.45, 7) is 13.6. The zero-order valence-electron chi connectivity index (χ0n) is 12.3. The molecule has 0 saturated heterocycles. The fourth-order valence-electron chi connectivity index (χ4n) is 2.23. The van der Waals surface area contributed by atoms with Crippen molar-refractivity contribution in [2.24, 2.45) is 11.8 Å². The monoisotopic (exact) mass is 231 g/mol. The van der Waals surface area contributed by atoms with Crippen LogP contribution in [0.25, 0.3) is 0 Å². The van der Waals surface area contributed by atoms with Crippen LogP contribution in [0, 0.1) is 17.8 Å². The Kier molecular flexibility index (Phi) is 5.24. The minimum Gasteiger partial charge on any atom is -0.0625 e. The SMILES string of the molecule is C[C](C)c1cc(CC(C)C)cc(CC(C)C)c1. The van der Waals surface area contributed by atoms with Crippen molar-refractivity contribution in [3.8, 4) is 0 Å². The Balaban J connectivity index is 3.00. The first-order chi connectivity index (χ1) is 7.88. The molecule has 0 heterocycles. The van der Waals surface area contributed by atoms with Gasteiger partial charge >= 0.3 is 0 Å². The summed E-state index contributed by atoms with van der Waals surface area (Å²) < 4.78 is 0. The third-order valence-electron chi connectivity index (χ3n) is 2.92. The average Bonchev–Trinajstić information content (AvgIpc) is 2.14. The van der Waals surface area contributed by atoms with E-state index in [-0.39, 0.29) is 0 Å². The maximum Gasteiger partial charge on any atom is -0.00118 e. The Morgan fingerprint density at radius 3 is 1.53 bits per heavy atom. The summed E-state index contributed by atoms with van der Waals surface area (Å²) in [6.07, 6.45) is 2.37. The topological polar surface area (TPSA) is 0 Å². The second kappa shape index (κ2) is 6.23. The van der Waals surface area contributed by atoms with Gasteiger partial charge in [-0.2, -0.15) is 0 Å². The van der Waals surface area contributed by atoms with Crippen LogP contribution >= 0.6 is 0 Å². The molecule has 0 bridgehead atoms. The molecular formula is C17H27. The molecule has 95 valence electrons. The first kappa shape index (κ1) is 14.3. The minimum absolute atomic E-state index is 0.731. The van der Waals surface area contributed by atoms with Crippen LogP contribution in [0.15, 0.2) is 18.2 Å². The first-order valence-corrected chi connectivity index (χ1v) is 6.82. The molecule has 0 aliphatic heterocycles. The van der Waals surface area contributed by atoms with Crippen LogP contribution in [0.5, 0.6) is 0 Å². The van der Waals surface area contributed by atoms with E-state index in [1.54, 1.807) is 0 Å². The largest absolute Gasteiger partial charge is 0.0625 e. The molecule has 0 fully saturated rings. The van der Waals surface area contributed by atoms with Crippen LogP contribution in [0.2, 0.25) is 0 Å². The van der Waals surface area contributed by atoms with Gasteiger partial charge in [-0.05, 0) is 47.3 Å². The molecule has 0 aromatic heterocycles. The molecule has 0 unspecified atom stereocenters. The maximum absolute atomic E-state index is 2.40. The summed E-state index contributed by atoms with van der Waals surface area (Å²) in [5.74, 6) is 2.88. The van der Waals surface area contributed by atoms with Gasteiger partial charge in [-0.25, -0.2) is 0 Å². The molecular weight excluding hydrogens is 204 g/mol. The van der Waals surface area contributed by atoms with Gasteiger partial charge in [0.2, 0.25) is 0 Å². The third kappa shape index (κ3) is 4.93. The Labute approximate surface area is 107 Å². The van der Waals surface area contributed by atoms with Crippen LogP contribution in [0.4, 0.5) is 0 Å². The predicted molar refractivity (Wildman–Crippen MR) is 77.2 cm³/mol. The molecule has 1 rings (SSSR count). The highest BCUT2D eigenvalue weighted by Crippen LogP contribution is 2.21. The fraction of sp³-hybridized carbons (Fsp3) is 0.588. The van der Waals surface area contributed by atoms with Crippen molar-refractivity contribution in [3.05, 3.63) is 40.8 Å². The molecule has 0 saturated carbocycles. The van der Waals surface area contributed by atoms with Gasteiger partial charge in [0.05, 0.1) is 0 Å². The average molecular weight is 231 g/mol. The molecule has 17 heavy (non-hydrogen) atoms. The van der Waals surface area contributed by atoms with Crippen LogP contribution in [0.3, 0.4) is 0 Å². The molecule has 1 radical (unpaired) electrons. The fourth-order valence-corrected chi connectivity index (χ4v) is 2.23. The van der Waals surface area contributed by atoms with Crippen molar-refractivity contribution in [2.45, 2.75) is 54.4 Å². The van der Waals surface area contributed by atoms with Gasteiger partial charge in [0.15, 0.2) is 0 Å². The van der Waals surface area contributed by atoms with Crippen molar-refractivity contribution >= 4 is 0 Å². The van der Waals surface area contributed by atoms with Crippen molar-refractivity contribution in [1.29, 1.82) is 0 Å². The van der Waals surface area contributed by atoms with Gasteiger partial charge in [0.25, 0.3) is 0 Å². The number of hydrogen-bond acceptors (Lipinski definition) is 0. The summed E-state index contributed by atoms with van der Waals surface area (Å²) in [5, 5.41) is 0. The quantitative estimate of drug-likeness (QED) is 0.665. The Bertz CT molecular complexity index is 317. The lowest BCUT2D eigenvalue weighted by molar-refractivity contribution is 0.635. The highest BCUT2D eigenvalue weighted by atomic mass is 14.1. The molecule has 0 aliphatic rings. The lowest BCUT2D eigenvalue weighted by Gasteiger charge is -2.14. The van der Waals surface area contributed by atoms with Gasteiger partial charge in [-0.15, -0.1) is 0 Å². The minimum atomic E-state index is 0.731. The third-order valence-corrected chi connectivity index (χ3v) is 2.92. The van der Waals surface area contributed by atoms with Gasteiger partial charge in [-0.1, -0.05) is 59.7 Å². The lowest BCUT2D eigenvalue weighted by Crippen LogP contribution is -2.01. The summed E-state index contributed by atoms with van der Waals surface area (Å²) >= 11 is 0. The van der Waals surface area contributed by atoms with Gasteiger partial charge in [0, 0.05) is 0 Å². The van der Waals surface area contributed by atoms with Gasteiger partial charge < -0.3 is 0 Å². The van der Waals surface area contributed by atoms with Crippen LogP contribution in [-0.4, -0.2) is 0 Å². The van der Waals surface area contributed by atoms with E-state index in [0.29, 0.717) is 0 Å². The van der Waals surface area contributed by atoms with Crippen molar-refractivity contribution in [2.75, 3.05) is 0 Å². The number of hydrogen-bond donors (Lipinski definition) is 0. The van der Waals surface area contributed by atoms with Crippen LogP contribution < -0.4 is 0 Å². The highest BCUT2D eigenvalue weighted by molar-refractivity contribution is 5.37. The van der Waals surface area contributed by atoms with Crippen LogP contribution in [-0.2, 0) is 12.8 Å². The summed E-state index contributed by atoms with van der Waals surface area (Å²) in [4.78, 5) is 0. The maximum atomic E-state index is 2.40. The zero-order chi connectivity index (χ0) is 13.0. The lowest BCUT2D eigenvalue weighted by atomic mass is 9.91. The molecule has 1 aromatic carbocycles. The predicted octanol–water partition coefficient (Wildman–Crippen LogP) is 5.05. The van der Waals surface area contributed by atoms with E-state index in [9.17, 15) is 0 Å². The van der Waals surface area contributed by atoms with Crippen molar-refractivity contribution in [3.63, 3.8) is 0 Å². The molecule has 0 amide bonds. The van der Waals surface area contributed by atoms with E-state index in [0.717, 1.165) is 11.8 Å². The molecule has 0 aliphatic carbocycles. The van der Waals surface area contributed by atoms with Crippen LogP contribution in [0.1, 0.15) is 58.2 Å². The van der Waals surface area contributed by atoms with E-state index in [1.807, 2.05) is 0 Å². The molecule has 0 heteroatoms. The highest BCUT2D eigenvalue weighted by Gasteiger charge is 2.07. The van der Waals surface area contributed by atoms with Gasteiger partial charge in [0.1, 0.15) is 0 Å². The first-order valence-electron chi connectivity index (χ1n) is 6.82. The smallest absolute Gasteiger partial charge is 0.00118 e. The second-order valence-corrected chi connectivity index (χ2v) is 6.23. The van der Waals surface area contributed by atoms with Crippen molar-refractivity contribution in [1.82, 2.24) is 0 Å². The Hall–Kier alpha value is -0.780. The normalized spacial score (nSPS) is 11.8. The summed E-state index contributed by atoms with van der Waals surface area (Å²) in [6, 6.07) is 7.12. The summed E-state index contributed by atoms with van der Waals surface area (Å²) in [7, 11) is 0. The van der Waals surface area contributed by atoms with Gasteiger partial charge in [-0.3, -0.25) is 0 Å². The Morgan fingerprint density at radius 1 is 0.824 bits per heavy atom. The summed E-state index contributed by atoms with van der Waals surface area (Å²) in [5.41, 5.74) is 4.41. The molecule has 0 nitrogen and oxygen atoms in total. The van der Waals surface area contributed by atoms with E-state index < -0.39 is 0 Å². The Morgan fingerprint density at radius 2 is 1.24 bits per heavy atom.